The highest BCUT2D eigenvalue weighted by molar-refractivity contribution is 7.99. The number of hydrogen-bond acceptors (Lipinski definition) is 17. The van der Waals surface area contributed by atoms with Crippen LogP contribution >= 0.6 is 11.8 Å². The fraction of sp³-hybridized carbons (Fsp3) is 0.858. The van der Waals surface area contributed by atoms with E-state index in [-0.39, 0.29) is 100 Å². The van der Waals surface area contributed by atoms with Gasteiger partial charge in [-0.15, -0.1) is 0 Å². The summed E-state index contributed by atoms with van der Waals surface area (Å²) in [7, 11) is 0. The van der Waals surface area contributed by atoms with Gasteiger partial charge in [0.05, 0.1) is 26.4 Å². The molecule has 6 fully saturated rings. The highest BCUT2D eigenvalue weighted by atomic mass is 32.2. The molecule has 3 saturated carbocycles. The number of carbonyl (C=O) groups is 2. The maximum Gasteiger partial charge on any atom is 0.231 e. The Morgan fingerprint density at radius 1 is 0.367 bits per heavy atom. The lowest BCUT2D eigenvalue weighted by molar-refractivity contribution is -0.137. The monoisotopic (exact) mass is 1950 g/mol. The van der Waals surface area contributed by atoms with Crippen molar-refractivity contribution in [2.45, 2.75) is 564 Å². The van der Waals surface area contributed by atoms with Crippen LogP contribution in [0.3, 0.4) is 0 Å². The van der Waals surface area contributed by atoms with Crippen LogP contribution in [-0.2, 0) is 53.6 Å². The summed E-state index contributed by atoms with van der Waals surface area (Å²) in [6.45, 7) is 91.8. The molecule has 1 aromatic heterocycles. The van der Waals surface area contributed by atoms with Crippen molar-refractivity contribution in [3.05, 3.63) is 57.6 Å². The molecule has 18 nitrogen and oxygen atoms in total. The number of unbranched alkanes of at least 4 members (excludes halogenated alkanes) is 11. The topological polar surface area (TPSA) is 205 Å². The van der Waals surface area contributed by atoms with E-state index in [1.807, 2.05) is 11.8 Å². The zero-order valence-corrected chi connectivity index (χ0v) is 97.8. The normalized spacial score (nSPS) is 21.5. The number of ether oxygens (including phenoxy) is 2. The van der Waals surface area contributed by atoms with E-state index in [0.29, 0.717) is 112 Å². The van der Waals surface area contributed by atoms with E-state index >= 15 is 0 Å². The highest BCUT2D eigenvalue weighted by Gasteiger charge is 2.48. The molecule has 4 heterocycles. The number of phenolic OH excluding ortho intramolecular Hbond substituents is 2. The molecule has 19 heteroatoms. The number of nitrogens with one attached hydrogen (secondary N) is 5. The van der Waals surface area contributed by atoms with Crippen LogP contribution in [0.2, 0.25) is 0 Å². The average Bonchev–Trinajstić information content (AvgIpc) is 0.766. The Bertz CT molecular complexity index is 3890. The van der Waals surface area contributed by atoms with Crippen LogP contribution in [0.5, 0.6) is 11.5 Å². The molecule has 2 amide bonds. The van der Waals surface area contributed by atoms with Crippen molar-refractivity contribution < 1.29 is 29.3 Å². The fourth-order valence-corrected chi connectivity index (χ4v) is 28.4. The molecule has 798 valence electrons. The quantitative estimate of drug-likeness (QED) is 0.0208. The lowest BCUT2D eigenvalue weighted by atomic mass is 9.63. The average molecular weight is 1960 g/mol. The van der Waals surface area contributed by atoms with Gasteiger partial charge in [-0.05, 0) is 325 Å². The van der Waals surface area contributed by atoms with Gasteiger partial charge in [0.15, 0.2) is 5.16 Å². The number of amides is 2. The molecule has 2 aromatic carbocycles. The van der Waals surface area contributed by atoms with Gasteiger partial charge in [0, 0.05) is 114 Å². The van der Waals surface area contributed by atoms with Gasteiger partial charge < -0.3 is 65.9 Å². The number of phenols is 2. The molecule has 3 aliphatic carbocycles. The standard InChI is InChI=1S/C62H118N8S.C58H98N4O6/c1-18-19-20-21-26-31-36-71-54-66-52(69(50-41-57(6,7)46-58(8,9)42-50)34-29-24-22-27-32-63-48-37-55(2,3)45-56(4,5)38-48)65-53(67-54)70(51-43-59(10,11)47-60(12,13)44-51)35-30-25-23-28-33-64-49-39-61(14,15)68-62(16,17)40-49;1-51(2,3)43-31-39(32-44(49(43)65)52(4,5)6)21-23-47(63)61(41-35-55(13,14)59-56(15,16)36-41)25-27-67-29-30-68-28-26-62(42-37-57(17,18)60-58(19,20)38-42)48(64)24-22-40-33-45(53(7,8)9)50(66)46(34-40)54(10,11)12/h48-51,63-64,68H,18-47H2,1-17H3;31-34,41-42,59-60,65-66H,21-30,35-38H2,1-20H3. The number of rotatable bonds is 45. The van der Waals surface area contributed by atoms with Crippen LogP contribution in [-0.4, -0.2) is 188 Å². The number of piperidine rings is 3. The van der Waals surface area contributed by atoms with Gasteiger partial charge in [0.1, 0.15) is 11.5 Å². The Labute approximate surface area is 858 Å². The van der Waals surface area contributed by atoms with E-state index < -0.39 is 0 Å². The van der Waals surface area contributed by atoms with Crippen LogP contribution in [0.1, 0.15) is 489 Å². The van der Waals surface area contributed by atoms with Crippen molar-refractivity contribution in [2.75, 3.05) is 81.2 Å². The summed E-state index contributed by atoms with van der Waals surface area (Å²) >= 11 is 1.90. The van der Waals surface area contributed by atoms with Gasteiger partial charge in [0.25, 0.3) is 0 Å². The number of nitrogens with zero attached hydrogens (tertiary/aromatic N) is 7. The van der Waals surface area contributed by atoms with Gasteiger partial charge in [0.2, 0.25) is 23.7 Å². The van der Waals surface area contributed by atoms with Crippen molar-refractivity contribution in [3.63, 3.8) is 0 Å². The lowest BCUT2D eigenvalue weighted by Gasteiger charge is -2.49. The Kier molecular flexibility index (Phi) is 42.0. The summed E-state index contributed by atoms with van der Waals surface area (Å²) < 4.78 is 12.4. The largest absolute Gasteiger partial charge is 0.507 e. The minimum atomic E-state index is -0.245. The third kappa shape index (κ3) is 39.7. The zero-order chi connectivity index (χ0) is 104. The molecule has 0 radical (unpaired) electrons. The summed E-state index contributed by atoms with van der Waals surface area (Å²) in [5.41, 5.74) is 6.55. The SMILES string of the molecule is CC1(C)CC(N(CCOCCOCCN(C(=O)CCc2cc(C(C)(C)C)c(O)c(C(C)(C)C)c2)C2CC(C)(C)NC(C)(C)C2)C(=O)CCc2cc(C(C)(C)C)c(O)c(C(C)(C)C)c2)CC(C)(C)N1.CCCCCCCCSc1nc(N(CCCCCCNC2CC(C)(C)CC(C)(C)C2)C2CC(C)(C)CC(C)(C)C2)nc(N(CCCCCCNC2CC(C)(C)NC(C)(C)C2)C2CC(C)(C)CC(C)(C)C2)n1. The molecule has 3 saturated heterocycles. The third-order valence-electron chi connectivity index (χ3n) is 31.1. The smallest absolute Gasteiger partial charge is 0.231 e. The van der Waals surface area contributed by atoms with Gasteiger partial charge in [-0.25, -0.2) is 0 Å². The fourth-order valence-electron chi connectivity index (χ4n) is 27.6. The minimum absolute atomic E-state index is 0.0623. The summed E-state index contributed by atoms with van der Waals surface area (Å²) in [4.78, 5) is 55.2. The Balaban J connectivity index is 0.000000341. The molecule has 9 rings (SSSR count). The molecule has 0 atom stereocenters. The summed E-state index contributed by atoms with van der Waals surface area (Å²) in [6.07, 6.45) is 36.6. The maximum absolute atomic E-state index is 14.4. The molecule has 0 spiro atoms. The second-order valence-corrected chi connectivity index (χ2v) is 59.2. The van der Waals surface area contributed by atoms with Gasteiger partial charge >= 0.3 is 0 Å². The molecule has 3 aliphatic heterocycles. The lowest BCUT2D eigenvalue weighted by Crippen LogP contribution is -2.63. The molecule has 139 heavy (non-hydrogen) atoms. The number of anilines is 2. The number of aromatic nitrogens is 3. The summed E-state index contributed by atoms with van der Waals surface area (Å²) in [5.74, 6) is 3.94. The first-order chi connectivity index (χ1) is 63.8. The molecule has 0 bridgehead atoms. The number of carbonyl (C=O) groups excluding carboxylic acids is 2. The summed E-state index contributed by atoms with van der Waals surface area (Å²) in [6, 6.07) is 10.5. The van der Waals surface area contributed by atoms with Crippen molar-refractivity contribution in [3.8, 4) is 11.5 Å². The van der Waals surface area contributed by atoms with Gasteiger partial charge in [-0.3, -0.25) is 9.59 Å². The van der Waals surface area contributed by atoms with E-state index in [2.05, 4.69) is 327 Å². The number of hydrogen-bond donors (Lipinski definition) is 7. The van der Waals surface area contributed by atoms with Gasteiger partial charge in [-0.2, -0.15) is 15.0 Å². The van der Waals surface area contributed by atoms with E-state index in [1.165, 1.54) is 161 Å². The molecule has 6 aliphatic rings. The first-order valence-electron chi connectivity index (χ1n) is 56.0. The van der Waals surface area contributed by atoms with Crippen molar-refractivity contribution in [1.82, 2.24) is 51.3 Å². The van der Waals surface area contributed by atoms with Crippen molar-refractivity contribution in [1.29, 1.82) is 0 Å². The van der Waals surface area contributed by atoms with Crippen molar-refractivity contribution in [2.24, 2.45) is 32.5 Å². The molecular formula is C120H216N12O6S. The third-order valence-corrected chi connectivity index (χ3v) is 32.0. The predicted molar refractivity (Wildman–Crippen MR) is 593 cm³/mol. The van der Waals surface area contributed by atoms with Gasteiger partial charge in [-0.1, -0.05) is 267 Å². The first-order valence-corrected chi connectivity index (χ1v) is 57.0. The summed E-state index contributed by atoms with van der Waals surface area (Å²) in [5, 5.41) is 43.0. The molecule has 0 unspecified atom stereocenters. The molecular weight excluding hydrogens is 1740 g/mol. The van der Waals surface area contributed by atoms with Crippen LogP contribution in [0.4, 0.5) is 11.9 Å². The van der Waals surface area contributed by atoms with Crippen LogP contribution in [0.25, 0.3) is 0 Å². The van der Waals surface area contributed by atoms with Crippen LogP contribution in [0.15, 0.2) is 29.4 Å². The minimum Gasteiger partial charge on any atom is -0.507 e. The molecule has 7 N–H and O–H groups in total. The number of thioether (sulfide) groups is 1. The first kappa shape index (κ1) is 120. The van der Waals surface area contributed by atoms with E-state index in [4.69, 9.17) is 24.4 Å². The Morgan fingerprint density at radius 2 is 0.655 bits per heavy atom. The Morgan fingerprint density at radius 3 is 0.978 bits per heavy atom. The highest BCUT2D eigenvalue weighted by Crippen LogP contribution is 2.52. The van der Waals surface area contributed by atoms with Crippen LogP contribution in [0, 0.1) is 32.5 Å². The predicted octanol–water partition coefficient (Wildman–Crippen LogP) is 27.5. The van der Waals surface area contributed by atoms with E-state index in [9.17, 15) is 19.8 Å². The number of benzene rings is 2. The molecule has 3 aromatic rings. The number of aromatic hydroxyl groups is 2. The van der Waals surface area contributed by atoms with Crippen molar-refractivity contribution >= 4 is 35.5 Å². The maximum atomic E-state index is 14.4. The second kappa shape index (κ2) is 48.8. The Hall–Kier alpha value is -4.34. The number of aryl methyl sites for hydroxylation is 2. The van der Waals surface area contributed by atoms with E-state index in [0.717, 1.165) is 108 Å². The zero-order valence-electron chi connectivity index (χ0n) is 97.0. The van der Waals surface area contributed by atoms with E-state index in [1.54, 1.807) is 0 Å². The second-order valence-electron chi connectivity index (χ2n) is 58.1. The van der Waals surface area contributed by atoms with Crippen LogP contribution < -0.4 is 36.4 Å².